The van der Waals surface area contributed by atoms with E-state index in [9.17, 15) is 14.7 Å². The Labute approximate surface area is 110 Å². The van der Waals surface area contributed by atoms with Crippen molar-refractivity contribution in [2.45, 2.75) is 12.8 Å². The highest BCUT2D eigenvalue weighted by Crippen LogP contribution is 2.22. The maximum absolute atomic E-state index is 12.0. The van der Waals surface area contributed by atoms with Crippen LogP contribution in [0.2, 0.25) is 0 Å². The van der Waals surface area contributed by atoms with E-state index in [4.69, 9.17) is 5.11 Å². The molecule has 6 nitrogen and oxygen atoms in total. The van der Waals surface area contributed by atoms with Crippen LogP contribution in [0.1, 0.15) is 23.2 Å². The van der Waals surface area contributed by atoms with Gasteiger partial charge in [-0.05, 0) is 37.6 Å². The summed E-state index contributed by atoms with van der Waals surface area (Å²) in [6.45, 7) is 1.56. The van der Waals surface area contributed by atoms with Crippen molar-refractivity contribution in [3.05, 3.63) is 23.8 Å². The minimum absolute atomic E-state index is 0.101. The van der Waals surface area contributed by atoms with Crippen molar-refractivity contribution < 1.29 is 19.8 Å². The van der Waals surface area contributed by atoms with E-state index >= 15 is 0 Å². The van der Waals surface area contributed by atoms with Crippen LogP contribution < -0.4 is 10.6 Å². The lowest BCUT2D eigenvalue weighted by atomic mass is 9.98. The van der Waals surface area contributed by atoms with Crippen molar-refractivity contribution in [2.75, 3.05) is 18.4 Å². The van der Waals surface area contributed by atoms with E-state index < -0.39 is 5.97 Å². The molecule has 0 aliphatic carbocycles. The van der Waals surface area contributed by atoms with Gasteiger partial charge >= 0.3 is 5.97 Å². The summed E-state index contributed by atoms with van der Waals surface area (Å²) < 4.78 is 0. The van der Waals surface area contributed by atoms with E-state index in [1.54, 1.807) is 0 Å². The zero-order valence-corrected chi connectivity index (χ0v) is 10.3. The number of piperidine rings is 1. The molecule has 1 aliphatic heterocycles. The zero-order chi connectivity index (χ0) is 13.8. The largest absolute Gasteiger partial charge is 0.507 e. The molecule has 0 unspecified atom stereocenters. The van der Waals surface area contributed by atoms with Crippen LogP contribution in [0.3, 0.4) is 0 Å². The molecule has 1 aliphatic rings. The van der Waals surface area contributed by atoms with E-state index in [-0.39, 0.29) is 23.1 Å². The lowest BCUT2D eigenvalue weighted by Gasteiger charge is -2.22. The van der Waals surface area contributed by atoms with Crippen LogP contribution in [-0.2, 0) is 4.79 Å². The maximum Gasteiger partial charge on any atom is 0.339 e. The number of carbonyl (C=O) groups excluding carboxylic acids is 1. The van der Waals surface area contributed by atoms with Gasteiger partial charge in [0.15, 0.2) is 0 Å². The fourth-order valence-electron chi connectivity index (χ4n) is 2.11. The van der Waals surface area contributed by atoms with Crippen LogP contribution in [0.15, 0.2) is 18.2 Å². The van der Waals surface area contributed by atoms with Crippen molar-refractivity contribution in [3.63, 3.8) is 0 Å². The highest BCUT2D eigenvalue weighted by atomic mass is 16.4. The number of carboxylic acid groups (broad SMARTS) is 1. The van der Waals surface area contributed by atoms with Crippen LogP contribution in [0, 0.1) is 5.92 Å². The van der Waals surface area contributed by atoms with Crippen molar-refractivity contribution in [3.8, 4) is 5.75 Å². The van der Waals surface area contributed by atoms with E-state index in [2.05, 4.69) is 10.6 Å². The molecule has 1 aromatic carbocycles. The number of hydrogen-bond donors (Lipinski definition) is 4. The Kier molecular flexibility index (Phi) is 4.01. The molecular formula is C13H16N2O4. The molecule has 0 bridgehead atoms. The van der Waals surface area contributed by atoms with E-state index in [1.165, 1.54) is 18.2 Å². The van der Waals surface area contributed by atoms with Gasteiger partial charge in [-0.3, -0.25) is 4.79 Å². The summed E-state index contributed by atoms with van der Waals surface area (Å²) in [4.78, 5) is 22.9. The molecule has 6 heteroatoms. The first-order chi connectivity index (χ1) is 9.08. The average molecular weight is 264 g/mol. The first-order valence-corrected chi connectivity index (χ1v) is 6.16. The molecule has 1 atom stereocenters. The minimum Gasteiger partial charge on any atom is -0.507 e. The number of carboxylic acids is 1. The highest BCUT2D eigenvalue weighted by molar-refractivity contribution is 5.96. The molecule has 19 heavy (non-hydrogen) atoms. The summed E-state index contributed by atoms with van der Waals surface area (Å²) in [5, 5.41) is 24.1. The Balaban J connectivity index is 2.08. The number of aromatic carboxylic acids is 1. The fourth-order valence-corrected chi connectivity index (χ4v) is 2.11. The van der Waals surface area contributed by atoms with Crippen LogP contribution in [-0.4, -0.2) is 35.2 Å². The van der Waals surface area contributed by atoms with Gasteiger partial charge < -0.3 is 20.8 Å². The van der Waals surface area contributed by atoms with Crippen molar-refractivity contribution in [1.29, 1.82) is 0 Å². The number of nitrogens with one attached hydrogen (secondary N) is 2. The van der Waals surface area contributed by atoms with Gasteiger partial charge in [-0.2, -0.15) is 0 Å². The Morgan fingerprint density at radius 1 is 1.37 bits per heavy atom. The Morgan fingerprint density at radius 3 is 2.79 bits per heavy atom. The molecular weight excluding hydrogens is 248 g/mol. The van der Waals surface area contributed by atoms with E-state index in [1.807, 2.05) is 0 Å². The van der Waals surface area contributed by atoms with Crippen LogP contribution in [0.25, 0.3) is 0 Å². The Hall–Kier alpha value is -2.08. The van der Waals surface area contributed by atoms with Crippen molar-refractivity contribution in [2.24, 2.45) is 5.92 Å². The smallest absolute Gasteiger partial charge is 0.339 e. The molecule has 2 rings (SSSR count). The third-order valence-corrected chi connectivity index (χ3v) is 3.16. The molecule has 4 N–H and O–H groups in total. The summed E-state index contributed by atoms with van der Waals surface area (Å²) in [6, 6.07) is 4.00. The molecule has 0 saturated carbocycles. The number of aromatic hydroxyl groups is 1. The quantitative estimate of drug-likeness (QED) is 0.611. The zero-order valence-electron chi connectivity index (χ0n) is 10.3. The second-order valence-electron chi connectivity index (χ2n) is 4.57. The highest BCUT2D eigenvalue weighted by Gasteiger charge is 2.21. The van der Waals surface area contributed by atoms with Gasteiger partial charge in [-0.15, -0.1) is 0 Å². The summed E-state index contributed by atoms with van der Waals surface area (Å²) in [5.41, 5.74) is 0.158. The van der Waals surface area contributed by atoms with Gasteiger partial charge in [-0.1, -0.05) is 0 Å². The average Bonchev–Trinajstić information content (AvgIpc) is 2.41. The molecule has 1 aromatic rings. The number of hydrogen-bond acceptors (Lipinski definition) is 4. The molecule has 1 heterocycles. The van der Waals surface area contributed by atoms with Crippen LogP contribution >= 0.6 is 0 Å². The first kappa shape index (κ1) is 13.4. The predicted molar refractivity (Wildman–Crippen MR) is 69.3 cm³/mol. The third kappa shape index (κ3) is 3.23. The third-order valence-electron chi connectivity index (χ3n) is 3.16. The maximum atomic E-state index is 12.0. The van der Waals surface area contributed by atoms with E-state index in [0.717, 1.165) is 19.4 Å². The Morgan fingerprint density at radius 2 is 2.16 bits per heavy atom. The summed E-state index contributed by atoms with van der Waals surface area (Å²) in [7, 11) is 0. The second-order valence-corrected chi connectivity index (χ2v) is 4.57. The number of anilines is 1. The minimum atomic E-state index is -1.23. The van der Waals surface area contributed by atoms with Gasteiger partial charge in [0.25, 0.3) is 0 Å². The van der Waals surface area contributed by atoms with Crippen molar-refractivity contribution >= 4 is 17.6 Å². The van der Waals surface area contributed by atoms with E-state index in [0.29, 0.717) is 12.2 Å². The van der Waals surface area contributed by atoms with Crippen LogP contribution in [0.4, 0.5) is 5.69 Å². The predicted octanol–water partition coefficient (Wildman–Crippen LogP) is 1.03. The van der Waals surface area contributed by atoms with Gasteiger partial charge in [0, 0.05) is 12.2 Å². The normalized spacial score (nSPS) is 18.8. The van der Waals surface area contributed by atoms with Crippen molar-refractivity contribution in [1.82, 2.24) is 5.32 Å². The fraction of sp³-hybridized carbons (Fsp3) is 0.385. The van der Waals surface area contributed by atoms with Gasteiger partial charge in [-0.25, -0.2) is 4.79 Å². The lowest BCUT2D eigenvalue weighted by Crippen LogP contribution is -2.37. The molecule has 1 amide bonds. The lowest BCUT2D eigenvalue weighted by molar-refractivity contribution is -0.120. The molecule has 1 fully saturated rings. The number of carbonyl (C=O) groups is 2. The van der Waals surface area contributed by atoms with Gasteiger partial charge in [0.1, 0.15) is 11.3 Å². The molecule has 1 saturated heterocycles. The molecule has 0 spiro atoms. The SMILES string of the molecule is O=C(O)c1cc(NC(=O)[C@@H]2CCCNC2)ccc1O. The number of rotatable bonds is 3. The molecule has 0 radical (unpaired) electrons. The van der Waals surface area contributed by atoms with Gasteiger partial charge in [0.2, 0.25) is 5.91 Å². The summed E-state index contributed by atoms with van der Waals surface area (Å²) >= 11 is 0. The standard InChI is InChI=1S/C13H16N2O4/c16-11-4-3-9(6-10(11)13(18)19)15-12(17)8-2-1-5-14-7-8/h3-4,6,8,14,16H,1-2,5,7H2,(H,15,17)(H,18,19)/t8-/m1/s1. The molecule has 102 valence electrons. The summed E-state index contributed by atoms with van der Waals surface area (Å²) in [5.74, 6) is -1.78. The number of amides is 1. The topological polar surface area (TPSA) is 98.7 Å². The number of benzene rings is 1. The number of phenols is 1. The summed E-state index contributed by atoms with van der Waals surface area (Å²) in [6.07, 6.45) is 1.77. The molecule has 0 aromatic heterocycles. The second kappa shape index (κ2) is 5.71. The van der Waals surface area contributed by atoms with Crippen LogP contribution in [0.5, 0.6) is 5.75 Å². The van der Waals surface area contributed by atoms with Gasteiger partial charge in [0.05, 0.1) is 5.92 Å². The first-order valence-electron chi connectivity index (χ1n) is 6.16. The Bertz CT molecular complexity index is 495. The monoisotopic (exact) mass is 264 g/mol.